The standard InChI is InChI=1S/C22H25FN2O/c23-19-8-6-17(7-9-19)21(16-4-2-1-3-5-16)25-14-12-18(13-15-25)22(26)24-20-10-11-20/h1-9,18,20-21H,10-15H2,(H,24,26)/t21-/m1/s1. The third-order valence-electron chi connectivity index (χ3n) is 5.49. The quantitative estimate of drug-likeness (QED) is 0.885. The summed E-state index contributed by atoms with van der Waals surface area (Å²) >= 11 is 0. The molecular formula is C22H25FN2O. The summed E-state index contributed by atoms with van der Waals surface area (Å²) in [6.45, 7) is 1.75. The molecular weight excluding hydrogens is 327 g/mol. The van der Waals surface area contributed by atoms with Gasteiger partial charge in [-0.2, -0.15) is 0 Å². The molecule has 26 heavy (non-hydrogen) atoms. The average molecular weight is 352 g/mol. The number of hydrogen-bond acceptors (Lipinski definition) is 2. The molecule has 0 radical (unpaired) electrons. The first-order chi connectivity index (χ1) is 12.7. The summed E-state index contributed by atoms with van der Waals surface area (Å²) < 4.78 is 13.4. The molecule has 1 heterocycles. The van der Waals surface area contributed by atoms with Crippen molar-refractivity contribution in [3.63, 3.8) is 0 Å². The maximum atomic E-state index is 13.4. The first-order valence-corrected chi connectivity index (χ1v) is 9.55. The van der Waals surface area contributed by atoms with Crippen LogP contribution in [0.15, 0.2) is 54.6 Å². The van der Waals surface area contributed by atoms with Crippen molar-refractivity contribution in [1.29, 1.82) is 0 Å². The van der Waals surface area contributed by atoms with Gasteiger partial charge < -0.3 is 5.32 Å². The Balaban J connectivity index is 1.50. The van der Waals surface area contributed by atoms with Gasteiger partial charge in [0.1, 0.15) is 5.82 Å². The number of benzene rings is 2. The van der Waals surface area contributed by atoms with Crippen LogP contribution < -0.4 is 5.32 Å². The third kappa shape index (κ3) is 3.96. The number of amides is 1. The topological polar surface area (TPSA) is 32.3 Å². The second-order valence-corrected chi connectivity index (χ2v) is 7.46. The minimum absolute atomic E-state index is 0.101. The van der Waals surface area contributed by atoms with Crippen LogP contribution in [0.25, 0.3) is 0 Å². The zero-order chi connectivity index (χ0) is 17.9. The SMILES string of the molecule is O=C(NC1CC1)C1CCN([C@H](c2ccccc2)c2ccc(F)cc2)CC1. The molecule has 0 aromatic heterocycles. The smallest absolute Gasteiger partial charge is 0.223 e. The molecule has 2 aromatic carbocycles. The van der Waals surface area contributed by atoms with E-state index in [1.165, 1.54) is 17.7 Å². The molecule has 2 aromatic rings. The van der Waals surface area contributed by atoms with Crippen LogP contribution in [0.1, 0.15) is 42.9 Å². The number of nitrogens with one attached hydrogen (secondary N) is 1. The molecule has 1 amide bonds. The van der Waals surface area contributed by atoms with Gasteiger partial charge >= 0.3 is 0 Å². The van der Waals surface area contributed by atoms with E-state index < -0.39 is 0 Å². The van der Waals surface area contributed by atoms with Gasteiger partial charge in [-0.05, 0) is 62.0 Å². The summed E-state index contributed by atoms with van der Waals surface area (Å²) in [5.41, 5.74) is 2.30. The van der Waals surface area contributed by atoms with Crippen LogP contribution in [0.3, 0.4) is 0 Å². The number of likely N-dealkylation sites (tertiary alicyclic amines) is 1. The number of piperidine rings is 1. The summed E-state index contributed by atoms with van der Waals surface area (Å²) in [6, 6.07) is 17.7. The highest BCUT2D eigenvalue weighted by Gasteiger charge is 2.32. The van der Waals surface area contributed by atoms with Crippen molar-refractivity contribution in [2.75, 3.05) is 13.1 Å². The van der Waals surface area contributed by atoms with Gasteiger partial charge in [0.2, 0.25) is 5.91 Å². The van der Waals surface area contributed by atoms with Gasteiger partial charge in [-0.25, -0.2) is 4.39 Å². The van der Waals surface area contributed by atoms with Crippen molar-refractivity contribution in [3.8, 4) is 0 Å². The van der Waals surface area contributed by atoms with Crippen molar-refractivity contribution in [1.82, 2.24) is 10.2 Å². The molecule has 1 aliphatic carbocycles. The maximum Gasteiger partial charge on any atom is 0.223 e. The Morgan fingerprint density at radius 2 is 1.54 bits per heavy atom. The van der Waals surface area contributed by atoms with Crippen LogP contribution in [0.5, 0.6) is 0 Å². The Labute approximate surface area is 154 Å². The summed E-state index contributed by atoms with van der Waals surface area (Å²) in [4.78, 5) is 14.8. The third-order valence-corrected chi connectivity index (χ3v) is 5.49. The Hall–Kier alpha value is -2.20. The minimum atomic E-state index is -0.212. The van der Waals surface area contributed by atoms with Crippen LogP contribution in [0.4, 0.5) is 4.39 Å². The summed E-state index contributed by atoms with van der Waals surface area (Å²) in [5.74, 6) is 0.137. The van der Waals surface area contributed by atoms with E-state index in [1.54, 1.807) is 0 Å². The van der Waals surface area contributed by atoms with Gasteiger partial charge in [-0.15, -0.1) is 0 Å². The molecule has 136 valence electrons. The molecule has 4 rings (SSSR count). The van der Waals surface area contributed by atoms with E-state index in [9.17, 15) is 9.18 Å². The molecule has 1 saturated heterocycles. The molecule has 0 bridgehead atoms. The summed E-state index contributed by atoms with van der Waals surface area (Å²) in [6.07, 6.45) is 4.02. The number of carbonyl (C=O) groups is 1. The number of hydrogen-bond donors (Lipinski definition) is 1. The molecule has 1 saturated carbocycles. The lowest BCUT2D eigenvalue weighted by Crippen LogP contribution is -2.42. The zero-order valence-electron chi connectivity index (χ0n) is 14.9. The first kappa shape index (κ1) is 17.2. The summed E-state index contributed by atoms with van der Waals surface area (Å²) in [5, 5.41) is 3.14. The van der Waals surface area contributed by atoms with Crippen molar-refractivity contribution < 1.29 is 9.18 Å². The predicted molar refractivity (Wildman–Crippen MR) is 100 cm³/mol. The van der Waals surface area contributed by atoms with E-state index in [0.717, 1.165) is 44.3 Å². The number of halogens is 1. The lowest BCUT2D eigenvalue weighted by atomic mass is 9.91. The zero-order valence-corrected chi connectivity index (χ0v) is 14.9. The van der Waals surface area contributed by atoms with Crippen LogP contribution in [-0.4, -0.2) is 29.9 Å². The van der Waals surface area contributed by atoms with Crippen molar-refractivity contribution in [3.05, 3.63) is 71.5 Å². The van der Waals surface area contributed by atoms with Gasteiger partial charge in [-0.3, -0.25) is 9.69 Å². The minimum Gasteiger partial charge on any atom is -0.353 e. The Morgan fingerprint density at radius 1 is 0.923 bits per heavy atom. The highest BCUT2D eigenvalue weighted by molar-refractivity contribution is 5.79. The largest absolute Gasteiger partial charge is 0.353 e. The molecule has 0 unspecified atom stereocenters. The first-order valence-electron chi connectivity index (χ1n) is 9.55. The highest BCUT2D eigenvalue weighted by Crippen LogP contribution is 2.33. The lowest BCUT2D eigenvalue weighted by Gasteiger charge is -2.37. The molecule has 2 fully saturated rings. The van der Waals surface area contributed by atoms with Gasteiger partial charge in [0, 0.05) is 12.0 Å². The van der Waals surface area contributed by atoms with Crippen LogP contribution >= 0.6 is 0 Å². The predicted octanol–water partition coefficient (Wildman–Crippen LogP) is 3.91. The fourth-order valence-electron chi connectivity index (χ4n) is 3.86. The van der Waals surface area contributed by atoms with Crippen molar-refractivity contribution in [2.24, 2.45) is 5.92 Å². The van der Waals surface area contributed by atoms with Gasteiger partial charge in [0.15, 0.2) is 0 Å². The maximum absolute atomic E-state index is 13.4. The van der Waals surface area contributed by atoms with E-state index in [2.05, 4.69) is 22.3 Å². The second kappa shape index (κ2) is 7.58. The fraction of sp³-hybridized carbons (Fsp3) is 0.409. The molecule has 2 aliphatic rings. The van der Waals surface area contributed by atoms with Crippen LogP contribution in [0, 0.1) is 11.7 Å². The van der Waals surface area contributed by atoms with Crippen molar-refractivity contribution >= 4 is 5.91 Å². The fourth-order valence-corrected chi connectivity index (χ4v) is 3.86. The van der Waals surface area contributed by atoms with Crippen molar-refractivity contribution in [2.45, 2.75) is 37.8 Å². The summed E-state index contributed by atoms with van der Waals surface area (Å²) in [7, 11) is 0. The average Bonchev–Trinajstić information content (AvgIpc) is 3.49. The van der Waals surface area contributed by atoms with Gasteiger partial charge in [0.05, 0.1) is 6.04 Å². The Kier molecular flexibility index (Phi) is 5.02. The Bertz CT molecular complexity index is 734. The lowest BCUT2D eigenvalue weighted by molar-refractivity contribution is -0.126. The molecule has 1 atom stereocenters. The Morgan fingerprint density at radius 3 is 2.15 bits per heavy atom. The monoisotopic (exact) mass is 352 g/mol. The number of carbonyl (C=O) groups excluding carboxylic acids is 1. The molecule has 1 N–H and O–H groups in total. The van der Waals surface area contributed by atoms with Crippen LogP contribution in [-0.2, 0) is 4.79 Å². The second-order valence-electron chi connectivity index (χ2n) is 7.46. The molecule has 0 spiro atoms. The van der Waals surface area contributed by atoms with E-state index in [1.807, 2.05) is 30.3 Å². The van der Waals surface area contributed by atoms with E-state index in [-0.39, 0.29) is 23.7 Å². The highest BCUT2D eigenvalue weighted by atomic mass is 19.1. The number of nitrogens with zero attached hydrogens (tertiary/aromatic N) is 1. The van der Waals surface area contributed by atoms with Gasteiger partial charge in [-0.1, -0.05) is 42.5 Å². The molecule has 3 nitrogen and oxygen atoms in total. The van der Waals surface area contributed by atoms with Gasteiger partial charge in [0.25, 0.3) is 0 Å². The normalized spacial score (nSPS) is 19.9. The molecule has 1 aliphatic heterocycles. The van der Waals surface area contributed by atoms with E-state index in [0.29, 0.717) is 6.04 Å². The number of rotatable bonds is 5. The van der Waals surface area contributed by atoms with E-state index >= 15 is 0 Å². The molecule has 4 heteroatoms. The van der Waals surface area contributed by atoms with Crippen LogP contribution in [0.2, 0.25) is 0 Å². The van der Waals surface area contributed by atoms with E-state index in [4.69, 9.17) is 0 Å².